The van der Waals surface area contributed by atoms with Gasteiger partial charge in [0.25, 0.3) is 5.91 Å². The number of thiocarbonyl (C=S) groups is 1. The first-order valence-electron chi connectivity index (χ1n) is 4.72. The number of benzene rings is 1. The van der Waals surface area contributed by atoms with Crippen molar-refractivity contribution in [1.82, 2.24) is 4.90 Å². The maximum atomic E-state index is 12.7. The molecule has 0 fully saturated rings. The van der Waals surface area contributed by atoms with Crippen molar-refractivity contribution < 1.29 is 9.18 Å². The number of amides is 1. The van der Waals surface area contributed by atoms with Crippen molar-refractivity contribution in [3.8, 4) is 0 Å². The largest absolute Gasteiger partial charge is 0.285 e. The van der Waals surface area contributed by atoms with Crippen molar-refractivity contribution in [2.75, 3.05) is 7.05 Å². The quantitative estimate of drug-likeness (QED) is 0.730. The molecule has 0 N–H and O–H groups in total. The molecule has 1 aromatic rings. The normalized spacial score (nSPS) is 15.6. The van der Waals surface area contributed by atoms with Gasteiger partial charge in [0.05, 0.1) is 0 Å². The average molecular weight is 236 g/mol. The summed E-state index contributed by atoms with van der Waals surface area (Å²) in [6.45, 7) is 0. The molecule has 0 aromatic heterocycles. The Bertz CT molecular complexity index is 481. The second-order valence-electron chi connectivity index (χ2n) is 3.51. The highest BCUT2D eigenvalue weighted by Crippen LogP contribution is 2.10. The van der Waals surface area contributed by atoms with E-state index in [9.17, 15) is 9.18 Å². The Kier molecular flexibility index (Phi) is 2.78. The van der Waals surface area contributed by atoms with Gasteiger partial charge in [0.2, 0.25) is 5.11 Å². The Morgan fingerprint density at radius 1 is 1.38 bits per heavy atom. The molecule has 1 aliphatic heterocycles. The predicted octanol–water partition coefficient (Wildman–Crippen LogP) is 1.57. The van der Waals surface area contributed by atoms with Crippen molar-refractivity contribution in [3.05, 3.63) is 35.6 Å². The van der Waals surface area contributed by atoms with Gasteiger partial charge in [-0.1, -0.05) is 12.1 Å². The molecule has 5 heteroatoms. The minimum atomic E-state index is -0.295. The number of hydrogen-bond donors (Lipinski definition) is 0. The highest BCUT2D eigenvalue weighted by atomic mass is 32.1. The van der Waals surface area contributed by atoms with Gasteiger partial charge in [-0.3, -0.25) is 9.69 Å². The molecule has 0 saturated carbocycles. The van der Waals surface area contributed by atoms with Gasteiger partial charge in [-0.15, -0.1) is 0 Å². The van der Waals surface area contributed by atoms with E-state index in [1.807, 2.05) is 0 Å². The predicted molar refractivity (Wildman–Crippen MR) is 62.9 cm³/mol. The monoisotopic (exact) mass is 236 g/mol. The van der Waals surface area contributed by atoms with E-state index in [-0.39, 0.29) is 16.8 Å². The smallest absolute Gasteiger partial charge is 0.274 e. The van der Waals surface area contributed by atoms with Crippen LogP contribution in [0.5, 0.6) is 0 Å². The molecule has 16 heavy (non-hydrogen) atoms. The highest BCUT2D eigenvalue weighted by molar-refractivity contribution is 7.80. The lowest BCUT2D eigenvalue weighted by molar-refractivity contribution is -0.119. The molecule has 1 aromatic carbocycles. The van der Waals surface area contributed by atoms with Crippen LogP contribution >= 0.6 is 12.2 Å². The molecule has 0 bridgehead atoms. The van der Waals surface area contributed by atoms with E-state index in [1.165, 1.54) is 17.0 Å². The molecular formula is C11H9FN2OS. The van der Waals surface area contributed by atoms with Gasteiger partial charge >= 0.3 is 0 Å². The van der Waals surface area contributed by atoms with Gasteiger partial charge in [-0.05, 0) is 29.9 Å². The molecular weight excluding hydrogens is 227 g/mol. The summed E-state index contributed by atoms with van der Waals surface area (Å²) in [5, 5.41) is 0.280. The van der Waals surface area contributed by atoms with Crippen LogP contribution in [0.2, 0.25) is 0 Å². The van der Waals surface area contributed by atoms with Crippen LogP contribution in [0.25, 0.3) is 0 Å². The first-order valence-corrected chi connectivity index (χ1v) is 5.13. The van der Waals surface area contributed by atoms with E-state index in [2.05, 4.69) is 4.99 Å². The number of hydrogen-bond acceptors (Lipinski definition) is 2. The second-order valence-corrected chi connectivity index (χ2v) is 3.87. The first kappa shape index (κ1) is 10.9. The van der Waals surface area contributed by atoms with Gasteiger partial charge < -0.3 is 0 Å². The Balaban J connectivity index is 2.17. The van der Waals surface area contributed by atoms with E-state index >= 15 is 0 Å². The molecule has 1 aliphatic rings. The van der Waals surface area contributed by atoms with Crippen molar-refractivity contribution in [2.24, 2.45) is 4.99 Å². The van der Waals surface area contributed by atoms with Gasteiger partial charge in [0.15, 0.2) is 0 Å². The van der Waals surface area contributed by atoms with Gasteiger partial charge in [0, 0.05) is 13.5 Å². The van der Waals surface area contributed by atoms with Crippen LogP contribution in [0.4, 0.5) is 4.39 Å². The number of carbonyl (C=O) groups excluding carboxylic acids is 1. The fraction of sp³-hybridized carbons (Fsp3) is 0.182. The van der Waals surface area contributed by atoms with Crippen molar-refractivity contribution in [3.63, 3.8) is 0 Å². The zero-order valence-corrected chi connectivity index (χ0v) is 9.42. The van der Waals surface area contributed by atoms with Crippen LogP contribution in [0.15, 0.2) is 29.3 Å². The van der Waals surface area contributed by atoms with E-state index in [4.69, 9.17) is 12.2 Å². The molecule has 0 spiro atoms. The maximum absolute atomic E-state index is 12.7. The van der Waals surface area contributed by atoms with Crippen molar-refractivity contribution >= 4 is 28.9 Å². The topological polar surface area (TPSA) is 32.7 Å². The lowest BCUT2D eigenvalue weighted by atomic mass is 10.1. The summed E-state index contributed by atoms with van der Waals surface area (Å²) in [6.07, 6.45) is 0.379. The standard InChI is InChI=1S/C11H9FN2OS/c1-14-10(15)9(13-11(14)16)6-7-2-4-8(12)5-3-7/h2-5H,6H2,1H3. The number of nitrogens with zero attached hydrogens (tertiary/aromatic N) is 2. The summed E-state index contributed by atoms with van der Waals surface area (Å²) in [4.78, 5) is 16.9. The number of rotatable bonds is 2. The molecule has 0 atom stereocenters. The van der Waals surface area contributed by atoms with Gasteiger partial charge in [-0.25, -0.2) is 9.38 Å². The number of aliphatic imine (C=N–C) groups is 1. The van der Waals surface area contributed by atoms with Crippen LogP contribution in [0, 0.1) is 5.82 Å². The van der Waals surface area contributed by atoms with Gasteiger partial charge in [0.1, 0.15) is 11.5 Å². The fourth-order valence-electron chi connectivity index (χ4n) is 1.43. The second kappa shape index (κ2) is 4.09. The summed E-state index contributed by atoms with van der Waals surface area (Å²) in [6, 6.07) is 5.98. The molecule has 0 radical (unpaired) electrons. The van der Waals surface area contributed by atoms with E-state index in [0.717, 1.165) is 5.56 Å². The maximum Gasteiger partial charge on any atom is 0.274 e. The van der Waals surface area contributed by atoms with Crippen LogP contribution in [-0.4, -0.2) is 28.7 Å². The lowest BCUT2D eigenvalue weighted by Gasteiger charge is -2.05. The lowest BCUT2D eigenvalue weighted by Crippen LogP contribution is -2.29. The highest BCUT2D eigenvalue weighted by Gasteiger charge is 2.26. The third-order valence-corrected chi connectivity index (χ3v) is 2.72. The summed E-state index contributed by atoms with van der Waals surface area (Å²) in [5.41, 5.74) is 1.24. The van der Waals surface area contributed by atoms with Crippen molar-refractivity contribution in [1.29, 1.82) is 0 Å². The summed E-state index contributed by atoms with van der Waals surface area (Å²) in [7, 11) is 1.59. The molecule has 2 rings (SSSR count). The zero-order valence-electron chi connectivity index (χ0n) is 8.61. The molecule has 1 heterocycles. The Labute approximate surface area is 97.6 Å². The summed E-state index contributed by atoms with van der Waals surface area (Å²) in [5.74, 6) is -0.481. The number of carbonyl (C=O) groups is 1. The average Bonchev–Trinajstić information content (AvgIpc) is 2.50. The minimum absolute atomic E-state index is 0.186. The van der Waals surface area contributed by atoms with Crippen LogP contribution < -0.4 is 0 Å². The molecule has 0 unspecified atom stereocenters. The van der Waals surface area contributed by atoms with E-state index in [1.54, 1.807) is 19.2 Å². The SMILES string of the molecule is CN1C(=O)C(Cc2ccc(F)cc2)=NC1=S. The van der Waals surface area contributed by atoms with Crippen LogP contribution in [-0.2, 0) is 11.2 Å². The van der Waals surface area contributed by atoms with Crippen LogP contribution in [0.1, 0.15) is 5.56 Å². The molecule has 0 aliphatic carbocycles. The first-order chi connectivity index (χ1) is 7.58. The third-order valence-electron chi connectivity index (χ3n) is 2.35. The minimum Gasteiger partial charge on any atom is -0.285 e. The zero-order chi connectivity index (χ0) is 11.7. The Hall–Kier alpha value is -1.62. The van der Waals surface area contributed by atoms with Crippen molar-refractivity contribution in [2.45, 2.75) is 6.42 Å². The fourth-order valence-corrected chi connectivity index (χ4v) is 1.62. The summed E-state index contributed by atoms with van der Waals surface area (Å²) < 4.78 is 12.7. The molecule has 1 amide bonds. The molecule has 3 nitrogen and oxygen atoms in total. The van der Waals surface area contributed by atoms with Gasteiger partial charge in [-0.2, -0.15) is 0 Å². The van der Waals surface area contributed by atoms with E-state index < -0.39 is 0 Å². The third kappa shape index (κ3) is 1.99. The number of halogens is 1. The Morgan fingerprint density at radius 3 is 2.50 bits per heavy atom. The molecule has 82 valence electrons. The Morgan fingerprint density at radius 2 is 2.00 bits per heavy atom. The molecule has 0 saturated heterocycles. The van der Waals surface area contributed by atoms with E-state index in [0.29, 0.717) is 12.1 Å². The summed E-state index contributed by atoms with van der Waals surface area (Å²) >= 11 is 4.89. The van der Waals surface area contributed by atoms with Crippen LogP contribution in [0.3, 0.4) is 0 Å².